The molecule has 6 heteroatoms. The minimum Gasteiger partial charge on any atom is -0.477 e. The second-order valence-corrected chi connectivity index (χ2v) is 2.74. The Hall–Kier alpha value is -2.24. The lowest BCUT2D eigenvalue weighted by Gasteiger charge is -1.96. The molecule has 0 fully saturated rings. The fourth-order valence-electron chi connectivity index (χ4n) is 1.11. The molecule has 15 heavy (non-hydrogen) atoms. The molecule has 0 atom stereocenters. The van der Waals surface area contributed by atoms with Crippen LogP contribution in [-0.2, 0) is 0 Å². The molecule has 2 rings (SSSR count). The molecule has 5 nitrogen and oxygen atoms in total. The van der Waals surface area contributed by atoms with Crippen molar-refractivity contribution < 1.29 is 18.8 Å². The maximum Gasteiger partial charge on any atom is 0.341 e. The standard InChI is InChI=1S/C9H5FN2O3/c10-7-2-1-5(3-11-7)8-6(9(13)14)4-12-15-8/h1-4H,(H,13,14). The van der Waals surface area contributed by atoms with Crippen molar-refractivity contribution >= 4 is 5.97 Å². The van der Waals surface area contributed by atoms with Gasteiger partial charge in [0.25, 0.3) is 0 Å². The first-order valence-corrected chi connectivity index (χ1v) is 3.98. The van der Waals surface area contributed by atoms with E-state index in [-0.39, 0.29) is 11.3 Å². The first-order valence-electron chi connectivity index (χ1n) is 3.98. The lowest BCUT2D eigenvalue weighted by Crippen LogP contribution is -1.96. The number of hydrogen-bond donors (Lipinski definition) is 1. The van der Waals surface area contributed by atoms with Gasteiger partial charge in [0, 0.05) is 11.8 Å². The molecule has 1 N–H and O–H groups in total. The predicted octanol–water partition coefficient (Wildman–Crippen LogP) is 1.57. The zero-order chi connectivity index (χ0) is 10.8. The first kappa shape index (κ1) is 9.32. The van der Waals surface area contributed by atoms with Crippen molar-refractivity contribution in [2.45, 2.75) is 0 Å². The lowest BCUT2D eigenvalue weighted by molar-refractivity contribution is 0.0697. The third kappa shape index (κ3) is 1.69. The summed E-state index contributed by atoms with van der Waals surface area (Å²) in [5.74, 6) is -1.74. The van der Waals surface area contributed by atoms with Crippen LogP contribution >= 0.6 is 0 Å². The van der Waals surface area contributed by atoms with Crippen molar-refractivity contribution in [3.63, 3.8) is 0 Å². The van der Waals surface area contributed by atoms with Crippen molar-refractivity contribution in [2.75, 3.05) is 0 Å². The molecule has 0 radical (unpaired) electrons. The van der Waals surface area contributed by atoms with E-state index in [0.717, 1.165) is 12.3 Å². The van der Waals surface area contributed by atoms with Crippen LogP contribution in [0.4, 0.5) is 4.39 Å². The van der Waals surface area contributed by atoms with Gasteiger partial charge in [-0.2, -0.15) is 4.39 Å². The van der Waals surface area contributed by atoms with E-state index < -0.39 is 11.9 Å². The van der Waals surface area contributed by atoms with Crippen LogP contribution in [0.3, 0.4) is 0 Å². The smallest absolute Gasteiger partial charge is 0.341 e. The summed E-state index contributed by atoms with van der Waals surface area (Å²) in [5, 5.41) is 12.1. The molecular weight excluding hydrogens is 203 g/mol. The molecule has 0 aliphatic carbocycles. The molecule has 0 aliphatic heterocycles. The summed E-state index contributed by atoms with van der Waals surface area (Å²) in [4.78, 5) is 14.1. The number of aromatic carboxylic acids is 1. The summed E-state index contributed by atoms with van der Waals surface area (Å²) < 4.78 is 17.3. The normalized spacial score (nSPS) is 10.2. The molecule has 0 spiro atoms. The topological polar surface area (TPSA) is 76.2 Å². The highest BCUT2D eigenvalue weighted by Crippen LogP contribution is 2.22. The largest absolute Gasteiger partial charge is 0.477 e. The highest BCUT2D eigenvalue weighted by atomic mass is 19.1. The van der Waals surface area contributed by atoms with Crippen LogP contribution in [0.25, 0.3) is 11.3 Å². The molecule has 0 amide bonds. The molecule has 2 heterocycles. The Bertz CT molecular complexity index is 492. The Morgan fingerprint density at radius 2 is 2.20 bits per heavy atom. The van der Waals surface area contributed by atoms with Gasteiger partial charge in [-0.3, -0.25) is 0 Å². The Balaban J connectivity index is 2.49. The number of aromatic nitrogens is 2. The van der Waals surface area contributed by atoms with E-state index in [1.807, 2.05) is 0 Å². The molecule has 0 saturated heterocycles. The lowest BCUT2D eigenvalue weighted by atomic mass is 10.1. The van der Waals surface area contributed by atoms with Gasteiger partial charge in [-0.15, -0.1) is 0 Å². The van der Waals surface area contributed by atoms with E-state index in [9.17, 15) is 9.18 Å². The van der Waals surface area contributed by atoms with Crippen LogP contribution < -0.4 is 0 Å². The quantitative estimate of drug-likeness (QED) is 0.758. The van der Waals surface area contributed by atoms with Gasteiger partial charge < -0.3 is 9.63 Å². The van der Waals surface area contributed by atoms with Gasteiger partial charge in [0.15, 0.2) is 5.76 Å². The summed E-state index contributed by atoms with van der Waals surface area (Å²) in [5.41, 5.74) is 0.287. The van der Waals surface area contributed by atoms with E-state index >= 15 is 0 Å². The average molecular weight is 208 g/mol. The number of nitrogens with zero attached hydrogens (tertiary/aromatic N) is 2. The highest BCUT2D eigenvalue weighted by Gasteiger charge is 2.16. The van der Waals surface area contributed by atoms with Crippen molar-refractivity contribution in [1.29, 1.82) is 0 Å². The van der Waals surface area contributed by atoms with Gasteiger partial charge in [-0.25, -0.2) is 9.78 Å². The van der Waals surface area contributed by atoms with Crippen molar-refractivity contribution in [2.24, 2.45) is 0 Å². The van der Waals surface area contributed by atoms with Crippen molar-refractivity contribution in [1.82, 2.24) is 10.1 Å². The van der Waals surface area contributed by atoms with Gasteiger partial charge in [-0.1, -0.05) is 5.16 Å². The third-order valence-electron chi connectivity index (χ3n) is 1.79. The summed E-state index contributed by atoms with van der Waals surface area (Å²) in [7, 11) is 0. The monoisotopic (exact) mass is 208 g/mol. The maximum atomic E-state index is 12.5. The van der Waals surface area contributed by atoms with Crippen LogP contribution in [0.15, 0.2) is 29.0 Å². The summed E-state index contributed by atoms with van der Waals surface area (Å²) in [6.45, 7) is 0. The number of carboxylic acids is 1. The fraction of sp³-hybridized carbons (Fsp3) is 0. The molecule has 0 unspecified atom stereocenters. The maximum absolute atomic E-state index is 12.5. The first-order chi connectivity index (χ1) is 7.18. The highest BCUT2D eigenvalue weighted by molar-refractivity contribution is 5.93. The Morgan fingerprint density at radius 1 is 1.40 bits per heavy atom. The number of rotatable bonds is 2. The number of carbonyl (C=O) groups is 1. The minimum atomic E-state index is -1.16. The Morgan fingerprint density at radius 3 is 2.80 bits per heavy atom. The van der Waals surface area contributed by atoms with Gasteiger partial charge in [0.2, 0.25) is 5.95 Å². The van der Waals surface area contributed by atoms with Crippen LogP contribution in [-0.4, -0.2) is 21.2 Å². The summed E-state index contributed by atoms with van der Waals surface area (Å²) in [6, 6.07) is 2.48. The van der Waals surface area contributed by atoms with Gasteiger partial charge in [0.05, 0.1) is 6.20 Å². The van der Waals surface area contributed by atoms with E-state index in [1.54, 1.807) is 0 Å². The number of carboxylic acid groups (broad SMARTS) is 1. The average Bonchev–Trinajstić information content (AvgIpc) is 2.67. The van der Waals surface area contributed by atoms with E-state index in [0.29, 0.717) is 5.56 Å². The molecule has 0 aromatic carbocycles. The summed E-state index contributed by atoms with van der Waals surface area (Å²) in [6.07, 6.45) is 2.27. The van der Waals surface area contributed by atoms with Crippen LogP contribution in [0.2, 0.25) is 0 Å². The third-order valence-corrected chi connectivity index (χ3v) is 1.79. The number of pyridine rings is 1. The molecule has 2 aromatic rings. The number of hydrogen-bond acceptors (Lipinski definition) is 4. The molecule has 0 bridgehead atoms. The Labute approximate surface area is 83.2 Å². The molecule has 76 valence electrons. The van der Waals surface area contributed by atoms with Crippen molar-refractivity contribution in [3.8, 4) is 11.3 Å². The van der Waals surface area contributed by atoms with Crippen LogP contribution in [0, 0.1) is 5.95 Å². The predicted molar refractivity (Wildman–Crippen MR) is 46.7 cm³/mol. The summed E-state index contributed by atoms with van der Waals surface area (Å²) >= 11 is 0. The Kier molecular flexibility index (Phi) is 2.17. The fourth-order valence-corrected chi connectivity index (χ4v) is 1.11. The van der Waals surface area contributed by atoms with Crippen LogP contribution in [0.5, 0.6) is 0 Å². The number of halogens is 1. The van der Waals surface area contributed by atoms with E-state index in [4.69, 9.17) is 9.63 Å². The van der Waals surface area contributed by atoms with Crippen molar-refractivity contribution in [3.05, 3.63) is 36.0 Å². The SMILES string of the molecule is O=C(O)c1cnoc1-c1ccc(F)nc1. The van der Waals surface area contributed by atoms with E-state index in [2.05, 4.69) is 10.1 Å². The second-order valence-electron chi connectivity index (χ2n) is 2.74. The zero-order valence-corrected chi connectivity index (χ0v) is 7.35. The molecule has 2 aromatic heterocycles. The zero-order valence-electron chi connectivity index (χ0n) is 7.35. The van der Waals surface area contributed by atoms with Gasteiger partial charge in [-0.05, 0) is 12.1 Å². The molecular formula is C9H5FN2O3. The minimum absolute atomic E-state index is 0.0648. The second kappa shape index (κ2) is 3.49. The van der Waals surface area contributed by atoms with Crippen LogP contribution in [0.1, 0.15) is 10.4 Å². The van der Waals surface area contributed by atoms with Gasteiger partial charge in [0.1, 0.15) is 5.56 Å². The molecule has 0 aliphatic rings. The van der Waals surface area contributed by atoms with E-state index in [1.165, 1.54) is 12.3 Å². The molecule has 0 saturated carbocycles. The van der Waals surface area contributed by atoms with Gasteiger partial charge >= 0.3 is 5.97 Å².